The molecule has 0 aliphatic heterocycles. The van der Waals surface area contributed by atoms with E-state index in [0.717, 1.165) is 25.7 Å². The molecule has 1 aromatic carbocycles. The Bertz CT molecular complexity index is 287. The van der Waals surface area contributed by atoms with Crippen molar-refractivity contribution < 1.29 is 5.11 Å². The van der Waals surface area contributed by atoms with E-state index in [1.54, 1.807) is 0 Å². The van der Waals surface area contributed by atoms with Gasteiger partial charge in [0.25, 0.3) is 0 Å². The molecule has 1 saturated carbocycles. The Morgan fingerprint density at radius 1 is 1.29 bits per heavy atom. The van der Waals surface area contributed by atoms with Crippen molar-refractivity contribution in [2.24, 2.45) is 0 Å². The van der Waals surface area contributed by atoms with E-state index in [1.807, 2.05) is 6.07 Å². The summed E-state index contributed by atoms with van der Waals surface area (Å²) >= 11 is 0. The molecular weight excluding hydrogens is 172 g/mol. The smallest absolute Gasteiger partial charge is 0.0650 e. The van der Waals surface area contributed by atoms with Gasteiger partial charge in [0.1, 0.15) is 0 Å². The van der Waals surface area contributed by atoms with Crippen molar-refractivity contribution in [2.75, 3.05) is 0 Å². The minimum absolute atomic E-state index is 0.289. The van der Waals surface area contributed by atoms with E-state index in [1.165, 1.54) is 5.56 Å². The number of aliphatic hydroxyl groups is 1. The minimum atomic E-state index is -0.289. The lowest BCUT2D eigenvalue weighted by Gasteiger charge is -2.14. The fraction of sp³-hybridized carbons (Fsp3) is 0.538. The first kappa shape index (κ1) is 9.72. The molecule has 0 amide bonds. The van der Waals surface area contributed by atoms with Crippen LogP contribution in [0.25, 0.3) is 0 Å². The van der Waals surface area contributed by atoms with E-state index in [4.69, 9.17) is 0 Å². The summed E-state index contributed by atoms with van der Waals surface area (Å²) in [7, 11) is 0. The van der Waals surface area contributed by atoms with Crippen molar-refractivity contribution in [3.63, 3.8) is 0 Å². The minimum Gasteiger partial charge on any atom is -0.390 e. The zero-order valence-electron chi connectivity index (χ0n) is 8.74. The fourth-order valence-electron chi connectivity index (χ4n) is 1.83. The predicted molar refractivity (Wildman–Crippen MR) is 58.3 cm³/mol. The van der Waals surface area contributed by atoms with Gasteiger partial charge >= 0.3 is 0 Å². The molecular formula is C13H18O. The predicted octanol–water partition coefficient (Wildman–Crippen LogP) is 3.10. The maximum absolute atomic E-state index is 9.72. The van der Waals surface area contributed by atoms with E-state index < -0.39 is 0 Å². The van der Waals surface area contributed by atoms with Crippen LogP contribution in [0.4, 0.5) is 0 Å². The van der Waals surface area contributed by atoms with Crippen LogP contribution >= 0.6 is 0 Å². The van der Waals surface area contributed by atoms with Crippen LogP contribution in [0.2, 0.25) is 0 Å². The van der Waals surface area contributed by atoms with Crippen LogP contribution in [0.1, 0.15) is 44.1 Å². The van der Waals surface area contributed by atoms with Crippen LogP contribution in [-0.4, -0.2) is 10.7 Å². The van der Waals surface area contributed by atoms with Gasteiger partial charge in [-0.15, -0.1) is 0 Å². The molecule has 1 nitrogen and oxygen atoms in total. The Balaban J connectivity index is 1.86. The highest BCUT2D eigenvalue weighted by molar-refractivity contribution is 5.18. The Hall–Kier alpha value is -0.820. The maximum atomic E-state index is 9.72. The van der Waals surface area contributed by atoms with Crippen LogP contribution in [-0.2, 0) is 0 Å². The fourth-order valence-corrected chi connectivity index (χ4v) is 1.83. The quantitative estimate of drug-likeness (QED) is 0.773. The molecule has 0 spiro atoms. The normalized spacial score (nSPS) is 20.4. The summed E-state index contributed by atoms with van der Waals surface area (Å²) in [5.41, 5.74) is 1.10. The van der Waals surface area contributed by atoms with Crippen molar-refractivity contribution in [2.45, 2.75) is 44.1 Å². The second-order valence-corrected chi connectivity index (χ2v) is 4.57. The molecule has 1 aliphatic carbocycles. The molecule has 1 aromatic rings. The van der Waals surface area contributed by atoms with Crippen molar-refractivity contribution in [1.82, 2.24) is 0 Å². The molecule has 0 aromatic heterocycles. The van der Waals surface area contributed by atoms with Crippen LogP contribution in [0.3, 0.4) is 0 Å². The van der Waals surface area contributed by atoms with Gasteiger partial charge in [-0.1, -0.05) is 37.3 Å². The SMILES string of the molecule is CC(CCC1(O)CC1)c1ccccc1. The average Bonchev–Trinajstić information content (AvgIpc) is 2.95. The monoisotopic (exact) mass is 190 g/mol. The van der Waals surface area contributed by atoms with Crippen LogP contribution in [0, 0.1) is 0 Å². The third-order valence-electron chi connectivity index (χ3n) is 3.24. The van der Waals surface area contributed by atoms with Gasteiger partial charge in [-0.3, -0.25) is 0 Å². The second kappa shape index (κ2) is 3.74. The molecule has 76 valence electrons. The van der Waals surface area contributed by atoms with Gasteiger partial charge in [-0.2, -0.15) is 0 Å². The molecule has 0 bridgehead atoms. The van der Waals surface area contributed by atoms with E-state index in [-0.39, 0.29) is 5.60 Å². The first-order valence-electron chi connectivity index (χ1n) is 5.47. The van der Waals surface area contributed by atoms with Crippen LogP contribution in [0.5, 0.6) is 0 Å². The van der Waals surface area contributed by atoms with Gasteiger partial charge in [-0.05, 0) is 37.2 Å². The van der Waals surface area contributed by atoms with Gasteiger partial charge in [0.05, 0.1) is 5.60 Å². The van der Waals surface area contributed by atoms with Crippen molar-refractivity contribution in [3.8, 4) is 0 Å². The third kappa shape index (κ3) is 2.36. The van der Waals surface area contributed by atoms with Crippen LogP contribution < -0.4 is 0 Å². The number of hydrogen-bond donors (Lipinski definition) is 1. The summed E-state index contributed by atoms with van der Waals surface area (Å²) in [6.45, 7) is 2.24. The molecule has 14 heavy (non-hydrogen) atoms. The van der Waals surface area contributed by atoms with Gasteiger partial charge in [-0.25, -0.2) is 0 Å². The van der Waals surface area contributed by atoms with E-state index in [0.29, 0.717) is 5.92 Å². The Morgan fingerprint density at radius 3 is 2.50 bits per heavy atom. The largest absolute Gasteiger partial charge is 0.390 e. The first-order chi connectivity index (χ1) is 6.70. The Labute approximate surface area is 85.8 Å². The zero-order chi connectivity index (χ0) is 10.0. The lowest BCUT2D eigenvalue weighted by molar-refractivity contribution is 0.135. The lowest BCUT2D eigenvalue weighted by atomic mass is 9.94. The van der Waals surface area contributed by atoms with Crippen LogP contribution in [0.15, 0.2) is 30.3 Å². The molecule has 0 heterocycles. The summed E-state index contributed by atoms with van der Waals surface area (Å²) in [5, 5.41) is 9.72. The van der Waals surface area contributed by atoms with E-state index in [2.05, 4.69) is 31.2 Å². The lowest BCUT2D eigenvalue weighted by Crippen LogP contribution is -2.08. The summed E-state index contributed by atoms with van der Waals surface area (Å²) in [6, 6.07) is 10.5. The molecule has 1 N–H and O–H groups in total. The highest BCUT2D eigenvalue weighted by Gasteiger charge is 2.39. The van der Waals surface area contributed by atoms with Gasteiger partial charge in [0, 0.05) is 0 Å². The molecule has 1 fully saturated rings. The second-order valence-electron chi connectivity index (χ2n) is 4.57. The number of hydrogen-bond acceptors (Lipinski definition) is 1. The summed E-state index contributed by atoms with van der Waals surface area (Å²) < 4.78 is 0. The Kier molecular flexibility index (Phi) is 2.60. The summed E-state index contributed by atoms with van der Waals surface area (Å²) in [6.07, 6.45) is 4.08. The molecule has 0 saturated heterocycles. The molecule has 2 rings (SSSR count). The van der Waals surface area contributed by atoms with Crippen molar-refractivity contribution in [3.05, 3.63) is 35.9 Å². The molecule has 1 aliphatic rings. The average molecular weight is 190 g/mol. The molecule has 1 heteroatoms. The zero-order valence-corrected chi connectivity index (χ0v) is 8.74. The highest BCUT2D eigenvalue weighted by atomic mass is 16.3. The molecule has 1 unspecified atom stereocenters. The summed E-state index contributed by atoms with van der Waals surface area (Å²) in [4.78, 5) is 0. The van der Waals surface area contributed by atoms with Gasteiger partial charge in [0.15, 0.2) is 0 Å². The third-order valence-corrected chi connectivity index (χ3v) is 3.24. The molecule has 1 atom stereocenters. The topological polar surface area (TPSA) is 20.2 Å². The van der Waals surface area contributed by atoms with Gasteiger partial charge in [0.2, 0.25) is 0 Å². The van der Waals surface area contributed by atoms with E-state index >= 15 is 0 Å². The highest BCUT2D eigenvalue weighted by Crippen LogP contribution is 2.41. The number of rotatable bonds is 4. The van der Waals surface area contributed by atoms with Crippen molar-refractivity contribution in [1.29, 1.82) is 0 Å². The molecule has 0 radical (unpaired) electrons. The standard InChI is InChI=1S/C13H18O/c1-11(7-8-13(14)9-10-13)12-5-3-2-4-6-12/h2-6,11,14H,7-10H2,1H3. The van der Waals surface area contributed by atoms with Gasteiger partial charge < -0.3 is 5.11 Å². The number of benzene rings is 1. The van der Waals surface area contributed by atoms with Crippen molar-refractivity contribution >= 4 is 0 Å². The first-order valence-corrected chi connectivity index (χ1v) is 5.47. The van der Waals surface area contributed by atoms with E-state index in [9.17, 15) is 5.11 Å². The Morgan fingerprint density at radius 2 is 1.93 bits per heavy atom. The maximum Gasteiger partial charge on any atom is 0.0650 e. The summed E-state index contributed by atoms with van der Waals surface area (Å²) in [5.74, 6) is 0.570.